The minimum atomic E-state index is 0. The van der Waals surface area contributed by atoms with Crippen LogP contribution in [0, 0.1) is 0 Å². The Hall–Kier alpha value is -0.160. The van der Waals surface area contributed by atoms with Gasteiger partial charge in [-0.3, -0.25) is 4.98 Å². The van der Waals surface area contributed by atoms with Crippen LogP contribution in [0.1, 0.15) is 24.4 Å². The molecule has 78 valence electrons. The lowest BCUT2D eigenvalue weighted by atomic mass is 10.1. The number of nitrogens with zero attached hydrogens (tertiary/aromatic N) is 2. The van der Waals surface area contributed by atoms with Crippen molar-refractivity contribution >= 4 is 0 Å². The molecule has 1 aromatic rings. The largest absolute Gasteiger partial charge is 1.00 e. The molecular weight excluding hydrogens is 287 g/mol. The van der Waals surface area contributed by atoms with E-state index in [2.05, 4.69) is 25.1 Å². The van der Waals surface area contributed by atoms with E-state index in [0.29, 0.717) is 6.04 Å². The lowest BCUT2D eigenvalue weighted by Crippen LogP contribution is -3.00. The first-order valence-corrected chi connectivity index (χ1v) is 4.93. The summed E-state index contributed by atoms with van der Waals surface area (Å²) in [5.74, 6) is 0. The van der Waals surface area contributed by atoms with Gasteiger partial charge in [0.25, 0.3) is 0 Å². The molecule has 0 saturated carbocycles. The molecule has 2 heterocycles. The SMILES string of the molecule is C[N+]1(C)CCCC1c1cccnc1.[I-]. The van der Waals surface area contributed by atoms with E-state index < -0.39 is 0 Å². The Bertz CT molecular complexity index is 285. The van der Waals surface area contributed by atoms with Crippen LogP contribution in [-0.4, -0.2) is 30.1 Å². The molecule has 0 aromatic carbocycles. The zero-order chi connectivity index (χ0) is 9.31. The van der Waals surface area contributed by atoms with Crippen LogP contribution < -0.4 is 24.0 Å². The number of quaternary nitrogens is 1. The molecule has 3 heteroatoms. The predicted molar refractivity (Wildman–Crippen MR) is 53.2 cm³/mol. The van der Waals surface area contributed by atoms with E-state index in [-0.39, 0.29) is 24.0 Å². The summed E-state index contributed by atoms with van der Waals surface area (Å²) in [4.78, 5) is 4.18. The number of likely N-dealkylation sites (tertiary alicyclic amines) is 1. The number of hydrogen-bond donors (Lipinski definition) is 0. The molecule has 0 bridgehead atoms. The summed E-state index contributed by atoms with van der Waals surface area (Å²) in [7, 11) is 4.62. The van der Waals surface area contributed by atoms with Gasteiger partial charge < -0.3 is 28.5 Å². The monoisotopic (exact) mass is 304 g/mol. The maximum atomic E-state index is 4.18. The first kappa shape index (κ1) is 11.9. The van der Waals surface area contributed by atoms with Crippen molar-refractivity contribution in [1.82, 2.24) is 4.98 Å². The van der Waals surface area contributed by atoms with Gasteiger partial charge in [0, 0.05) is 30.8 Å². The van der Waals surface area contributed by atoms with E-state index in [0.717, 1.165) is 4.48 Å². The Kier molecular flexibility index (Phi) is 3.89. The summed E-state index contributed by atoms with van der Waals surface area (Å²) in [5, 5.41) is 0. The number of rotatable bonds is 1. The molecule has 1 fully saturated rings. The third kappa shape index (κ3) is 2.25. The third-order valence-electron chi connectivity index (χ3n) is 3.12. The van der Waals surface area contributed by atoms with Gasteiger partial charge in [0.15, 0.2) is 0 Å². The van der Waals surface area contributed by atoms with Crippen molar-refractivity contribution in [3.05, 3.63) is 30.1 Å². The molecule has 1 aromatic heterocycles. The van der Waals surface area contributed by atoms with Crippen LogP contribution in [0.5, 0.6) is 0 Å². The van der Waals surface area contributed by atoms with E-state index in [4.69, 9.17) is 0 Å². The Morgan fingerprint density at radius 3 is 2.71 bits per heavy atom. The molecule has 0 aliphatic carbocycles. The molecule has 0 N–H and O–H groups in total. The highest BCUT2D eigenvalue weighted by atomic mass is 127. The second-order valence-corrected chi connectivity index (χ2v) is 4.45. The van der Waals surface area contributed by atoms with Crippen molar-refractivity contribution in [2.45, 2.75) is 18.9 Å². The van der Waals surface area contributed by atoms with Crippen LogP contribution in [0.3, 0.4) is 0 Å². The van der Waals surface area contributed by atoms with Crippen LogP contribution in [0.4, 0.5) is 0 Å². The van der Waals surface area contributed by atoms with Crippen LogP contribution in [0.15, 0.2) is 24.5 Å². The minimum Gasteiger partial charge on any atom is -1.00 e. The summed E-state index contributed by atoms with van der Waals surface area (Å²) in [5.41, 5.74) is 1.39. The highest BCUT2D eigenvalue weighted by molar-refractivity contribution is 5.12. The fraction of sp³-hybridized carbons (Fsp3) is 0.545. The lowest BCUT2D eigenvalue weighted by molar-refractivity contribution is -0.908. The van der Waals surface area contributed by atoms with E-state index in [1.54, 1.807) is 0 Å². The third-order valence-corrected chi connectivity index (χ3v) is 3.12. The Morgan fingerprint density at radius 2 is 2.21 bits per heavy atom. The van der Waals surface area contributed by atoms with E-state index in [1.165, 1.54) is 24.9 Å². The molecular formula is C11H17IN2. The van der Waals surface area contributed by atoms with Gasteiger partial charge in [-0.15, -0.1) is 0 Å². The molecule has 1 atom stereocenters. The summed E-state index contributed by atoms with van der Waals surface area (Å²) in [6, 6.07) is 4.89. The molecule has 14 heavy (non-hydrogen) atoms. The first-order chi connectivity index (χ1) is 6.20. The standard InChI is InChI=1S/C11H17N2.HI/c1-13(2)8-4-6-11(13)10-5-3-7-12-9-10;/h3,5,7,9,11H,4,6,8H2,1-2H3;1H/q+1;/p-1. The molecule has 2 nitrogen and oxygen atoms in total. The Morgan fingerprint density at radius 1 is 1.43 bits per heavy atom. The van der Waals surface area contributed by atoms with Gasteiger partial charge in [-0.1, -0.05) is 6.07 Å². The number of pyridine rings is 1. The second-order valence-electron chi connectivity index (χ2n) is 4.45. The van der Waals surface area contributed by atoms with Gasteiger partial charge in [0.05, 0.1) is 20.6 Å². The van der Waals surface area contributed by atoms with Gasteiger partial charge >= 0.3 is 0 Å². The molecule has 0 radical (unpaired) electrons. The van der Waals surface area contributed by atoms with Crippen molar-refractivity contribution in [2.24, 2.45) is 0 Å². The summed E-state index contributed by atoms with van der Waals surface area (Å²) >= 11 is 0. The number of halogens is 1. The first-order valence-electron chi connectivity index (χ1n) is 4.93. The highest BCUT2D eigenvalue weighted by Crippen LogP contribution is 2.35. The molecule has 2 rings (SSSR count). The van der Waals surface area contributed by atoms with Gasteiger partial charge in [-0.05, 0) is 6.07 Å². The van der Waals surface area contributed by atoms with Crippen molar-refractivity contribution in [3.63, 3.8) is 0 Å². The fourth-order valence-electron chi connectivity index (χ4n) is 2.34. The highest BCUT2D eigenvalue weighted by Gasteiger charge is 2.34. The van der Waals surface area contributed by atoms with E-state index in [9.17, 15) is 0 Å². The van der Waals surface area contributed by atoms with Gasteiger partial charge in [-0.25, -0.2) is 0 Å². The Labute approximate surface area is 103 Å². The van der Waals surface area contributed by atoms with E-state index in [1.807, 2.05) is 18.5 Å². The molecule has 1 saturated heterocycles. The molecule has 0 spiro atoms. The lowest BCUT2D eigenvalue weighted by Gasteiger charge is -2.31. The molecule has 0 amide bonds. The van der Waals surface area contributed by atoms with Crippen LogP contribution in [-0.2, 0) is 0 Å². The minimum absolute atomic E-state index is 0. The van der Waals surface area contributed by atoms with Crippen LogP contribution in [0.2, 0.25) is 0 Å². The zero-order valence-corrected chi connectivity index (χ0v) is 10.9. The number of aromatic nitrogens is 1. The maximum Gasteiger partial charge on any atom is 0.116 e. The van der Waals surface area contributed by atoms with Crippen LogP contribution in [0.25, 0.3) is 0 Å². The van der Waals surface area contributed by atoms with Gasteiger partial charge in [0.1, 0.15) is 6.04 Å². The van der Waals surface area contributed by atoms with Crippen molar-refractivity contribution < 1.29 is 28.5 Å². The zero-order valence-electron chi connectivity index (χ0n) is 8.78. The average Bonchev–Trinajstić information content (AvgIpc) is 2.47. The van der Waals surface area contributed by atoms with E-state index >= 15 is 0 Å². The maximum absolute atomic E-state index is 4.18. The number of hydrogen-bond acceptors (Lipinski definition) is 1. The van der Waals surface area contributed by atoms with Gasteiger partial charge in [0.2, 0.25) is 0 Å². The van der Waals surface area contributed by atoms with Crippen molar-refractivity contribution in [1.29, 1.82) is 0 Å². The Balaban J connectivity index is 0.000000980. The molecule has 1 aliphatic heterocycles. The predicted octanol–water partition coefficient (Wildman–Crippen LogP) is -1.00. The average molecular weight is 304 g/mol. The molecule has 1 unspecified atom stereocenters. The normalized spacial score (nSPS) is 24.3. The quantitative estimate of drug-likeness (QED) is 0.479. The van der Waals surface area contributed by atoms with Crippen molar-refractivity contribution in [3.8, 4) is 0 Å². The van der Waals surface area contributed by atoms with Crippen molar-refractivity contribution in [2.75, 3.05) is 20.6 Å². The summed E-state index contributed by atoms with van der Waals surface area (Å²) in [6.45, 7) is 1.29. The smallest absolute Gasteiger partial charge is 0.116 e. The molecule has 1 aliphatic rings. The summed E-state index contributed by atoms with van der Waals surface area (Å²) < 4.78 is 1.12. The topological polar surface area (TPSA) is 12.9 Å². The van der Waals surface area contributed by atoms with Gasteiger partial charge in [-0.2, -0.15) is 0 Å². The second kappa shape index (κ2) is 4.57. The fourth-order valence-corrected chi connectivity index (χ4v) is 2.34. The summed E-state index contributed by atoms with van der Waals surface area (Å²) in [6.07, 6.45) is 6.50. The van der Waals surface area contributed by atoms with Crippen LogP contribution >= 0.6 is 0 Å².